The summed E-state index contributed by atoms with van der Waals surface area (Å²) in [5.41, 5.74) is 1.45. The molecule has 3 heteroatoms. The third-order valence-corrected chi connectivity index (χ3v) is 9.36. The van der Waals surface area contributed by atoms with Crippen LogP contribution < -0.4 is 0 Å². The van der Waals surface area contributed by atoms with Crippen LogP contribution in [0.25, 0.3) is 0 Å². The van der Waals surface area contributed by atoms with Gasteiger partial charge in [-0.05, 0) is 53.3 Å². The Morgan fingerprint density at radius 3 is 2.53 bits per heavy atom. The summed E-state index contributed by atoms with van der Waals surface area (Å²) in [5, 5.41) is 0.273. The molecule has 1 unspecified atom stereocenters. The van der Waals surface area contributed by atoms with E-state index < -0.39 is 8.32 Å². The first-order valence-electron chi connectivity index (χ1n) is 7.16. The third-order valence-electron chi connectivity index (χ3n) is 4.61. The first-order chi connectivity index (χ1) is 8.69. The zero-order valence-electron chi connectivity index (χ0n) is 13.2. The van der Waals surface area contributed by atoms with Gasteiger partial charge in [0.1, 0.15) is 0 Å². The molecule has 0 heterocycles. The topological polar surface area (TPSA) is 9.23 Å². The van der Waals surface area contributed by atoms with Crippen LogP contribution in [0.5, 0.6) is 0 Å². The van der Waals surface area contributed by atoms with Crippen LogP contribution in [0.4, 0.5) is 0 Å². The molecule has 0 spiro atoms. The van der Waals surface area contributed by atoms with Crippen molar-refractivity contribution in [2.45, 2.75) is 71.5 Å². The molecule has 0 N–H and O–H groups in total. The highest BCUT2D eigenvalue weighted by atomic mass is 127. The molecular formula is C16H27IOSi. The van der Waals surface area contributed by atoms with Gasteiger partial charge in [0.25, 0.3) is 0 Å². The van der Waals surface area contributed by atoms with E-state index in [0.717, 1.165) is 12.8 Å². The van der Waals surface area contributed by atoms with Crippen molar-refractivity contribution in [3.63, 3.8) is 0 Å². The summed E-state index contributed by atoms with van der Waals surface area (Å²) >= 11 is 2.13. The Labute approximate surface area is 133 Å². The first-order valence-corrected chi connectivity index (χ1v) is 11.1. The van der Waals surface area contributed by atoms with Crippen molar-refractivity contribution >= 4 is 30.9 Å². The number of allylic oxidation sites excluding steroid dienone is 2. The second-order valence-electron chi connectivity index (χ2n) is 7.03. The Balaban J connectivity index is 2.88. The molecule has 0 saturated heterocycles. The summed E-state index contributed by atoms with van der Waals surface area (Å²) in [6, 6.07) is 0. The molecule has 0 bridgehead atoms. The van der Waals surface area contributed by atoms with Crippen molar-refractivity contribution in [3.05, 3.63) is 11.3 Å². The number of halogens is 1. The lowest BCUT2D eigenvalue weighted by Gasteiger charge is -2.39. The summed E-state index contributed by atoms with van der Waals surface area (Å²) < 4.78 is 9.52. The molecule has 0 fully saturated rings. The summed E-state index contributed by atoms with van der Waals surface area (Å²) in [7, 11) is -1.69. The van der Waals surface area contributed by atoms with Crippen LogP contribution in [-0.2, 0) is 4.43 Å². The zero-order chi connectivity index (χ0) is 14.7. The molecule has 1 aliphatic rings. The Morgan fingerprint density at radius 2 is 2.00 bits per heavy atom. The normalized spacial score (nSPS) is 20.9. The standard InChI is InChI=1S/C16H27IOSi/c1-13-14(10-8-12-17)9-7-11-15(13)18-19(5,6)16(2,3)4/h14H,7,9-11H2,1-6H3. The van der Waals surface area contributed by atoms with Crippen LogP contribution in [0.15, 0.2) is 11.3 Å². The second kappa shape index (κ2) is 6.67. The van der Waals surface area contributed by atoms with Crippen LogP contribution >= 0.6 is 22.6 Å². The molecular weight excluding hydrogens is 363 g/mol. The van der Waals surface area contributed by atoms with Gasteiger partial charge in [-0.1, -0.05) is 26.7 Å². The van der Waals surface area contributed by atoms with Gasteiger partial charge in [0, 0.05) is 35.4 Å². The second-order valence-corrected chi connectivity index (χ2v) is 12.3. The average Bonchev–Trinajstić information content (AvgIpc) is 2.28. The summed E-state index contributed by atoms with van der Waals surface area (Å²) in [6.07, 6.45) is 4.61. The van der Waals surface area contributed by atoms with Gasteiger partial charge in [0.05, 0.1) is 5.76 Å². The molecule has 1 aliphatic carbocycles. The minimum Gasteiger partial charge on any atom is -0.547 e. The van der Waals surface area contributed by atoms with Gasteiger partial charge in [0.15, 0.2) is 0 Å². The molecule has 0 aliphatic heterocycles. The van der Waals surface area contributed by atoms with Gasteiger partial charge < -0.3 is 4.43 Å². The van der Waals surface area contributed by atoms with Crippen molar-refractivity contribution in [3.8, 4) is 9.85 Å². The maximum atomic E-state index is 6.53. The molecule has 0 aromatic carbocycles. The van der Waals surface area contributed by atoms with Crippen LogP contribution in [0.3, 0.4) is 0 Å². The van der Waals surface area contributed by atoms with E-state index in [9.17, 15) is 0 Å². The van der Waals surface area contributed by atoms with E-state index in [2.05, 4.69) is 73.2 Å². The zero-order valence-corrected chi connectivity index (χ0v) is 16.3. The van der Waals surface area contributed by atoms with Crippen LogP contribution in [0, 0.1) is 15.8 Å². The van der Waals surface area contributed by atoms with Gasteiger partial charge in [-0.2, -0.15) is 0 Å². The van der Waals surface area contributed by atoms with Crippen LogP contribution in [0.1, 0.15) is 53.4 Å². The van der Waals surface area contributed by atoms with Crippen molar-refractivity contribution in [2.75, 3.05) is 0 Å². The quantitative estimate of drug-likeness (QED) is 0.333. The first kappa shape index (κ1) is 17.1. The fourth-order valence-corrected chi connectivity index (χ4v) is 3.57. The maximum Gasteiger partial charge on any atom is 0.250 e. The maximum absolute atomic E-state index is 6.53. The van der Waals surface area contributed by atoms with Crippen molar-refractivity contribution < 1.29 is 4.43 Å². The minimum atomic E-state index is -1.69. The van der Waals surface area contributed by atoms with Gasteiger partial charge in [-0.3, -0.25) is 0 Å². The van der Waals surface area contributed by atoms with E-state index in [0.29, 0.717) is 5.92 Å². The Morgan fingerprint density at radius 1 is 1.37 bits per heavy atom. The lowest BCUT2D eigenvalue weighted by atomic mass is 9.85. The highest BCUT2D eigenvalue weighted by Gasteiger charge is 2.40. The SMILES string of the molecule is CC1=C(O[Si](C)(C)C(C)(C)C)CCCC1CC#CI. The lowest BCUT2D eigenvalue weighted by Crippen LogP contribution is -2.41. The predicted octanol–water partition coefficient (Wildman–Crippen LogP) is 5.87. The van der Waals surface area contributed by atoms with E-state index in [1.807, 2.05) is 0 Å². The Kier molecular flexibility index (Phi) is 6.00. The fourth-order valence-electron chi connectivity index (χ4n) is 2.16. The molecule has 1 nitrogen and oxygen atoms in total. The largest absolute Gasteiger partial charge is 0.547 e. The predicted molar refractivity (Wildman–Crippen MR) is 94.7 cm³/mol. The summed E-state index contributed by atoms with van der Waals surface area (Å²) in [4.78, 5) is 0. The average molecular weight is 390 g/mol. The van der Waals surface area contributed by atoms with E-state index in [1.165, 1.54) is 24.2 Å². The number of rotatable bonds is 3. The van der Waals surface area contributed by atoms with Crippen LogP contribution in [0.2, 0.25) is 18.1 Å². The third kappa shape index (κ3) is 4.52. The smallest absolute Gasteiger partial charge is 0.250 e. The Hall–Kier alpha value is 0.0469. The Bertz CT molecular complexity index is 407. The van der Waals surface area contributed by atoms with E-state index in [1.54, 1.807) is 0 Å². The van der Waals surface area contributed by atoms with Gasteiger partial charge in [-0.25, -0.2) is 0 Å². The highest BCUT2D eigenvalue weighted by molar-refractivity contribution is 14.1. The lowest BCUT2D eigenvalue weighted by molar-refractivity contribution is 0.324. The van der Waals surface area contributed by atoms with E-state index in [-0.39, 0.29) is 5.04 Å². The van der Waals surface area contributed by atoms with Gasteiger partial charge in [-0.15, -0.1) is 0 Å². The monoisotopic (exact) mass is 390 g/mol. The van der Waals surface area contributed by atoms with Gasteiger partial charge >= 0.3 is 0 Å². The highest BCUT2D eigenvalue weighted by Crippen LogP contribution is 2.41. The number of hydrogen-bond acceptors (Lipinski definition) is 1. The molecule has 0 amide bonds. The molecule has 108 valence electrons. The molecule has 1 rings (SSSR count). The van der Waals surface area contributed by atoms with Crippen molar-refractivity contribution in [1.29, 1.82) is 0 Å². The van der Waals surface area contributed by atoms with Crippen molar-refractivity contribution in [2.24, 2.45) is 5.92 Å². The van der Waals surface area contributed by atoms with E-state index in [4.69, 9.17) is 4.43 Å². The number of hydrogen-bond donors (Lipinski definition) is 0. The molecule has 19 heavy (non-hydrogen) atoms. The van der Waals surface area contributed by atoms with Crippen LogP contribution in [-0.4, -0.2) is 8.32 Å². The fraction of sp³-hybridized carbons (Fsp3) is 0.750. The van der Waals surface area contributed by atoms with Gasteiger partial charge in [0.2, 0.25) is 8.32 Å². The summed E-state index contributed by atoms with van der Waals surface area (Å²) in [6.45, 7) is 13.8. The molecule has 0 radical (unpaired) electrons. The molecule has 0 saturated carbocycles. The van der Waals surface area contributed by atoms with E-state index >= 15 is 0 Å². The molecule has 0 aromatic heterocycles. The minimum absolute atomic E-state index is 0.273. The van der Waals surface area contributed by atoms with Crippen molar-refractivity contribution in [1.82, 2.24) is 0 Å². The summed E-state index contributed by atoms with van der Waals surface area (Å²) in [5.74, 6) is 5.10. The molecule has 0 aromatic rings. The molecule has 1 atom stereocenters.